The van der Waals surface area contributed by atoms with Crippen molar-refractivity contribution in [1.29, 1.82) is 0 Å². The fourth-order valence-electron chi connectivity index (χ4n) is 2.22. The van der Waals surface area contributed by atoms with Crippen LogP contribution >= 0.6 is 0 Å². The number of benzene rings is 1. The van der Waals surface area contributed by atoms with Gasteiger partial charge in [0.2, 0.25) is 5.72 Å². The van der Waals surface area contributed by atoms with Crippen molar-refractivity contribution in [1.82, 2.24) is 4.90 Å². The second-order valence-electron chi connectivity index (χ2n) is 4.91. The first-order chi connectivity index (χ1) is 9.39. The van der Waals surface area contributed by atoms with Crippen LogP contribution in [0, 0.1) is 0 Å². The third kappa shape index (κ3) is 1.87. The van der Waals surface area contributed by atoms with Crippen molar-refractivity contribution < 1.29 is 23.8 Å². The van der Waals surface area contributed by atoms with Gasteiger partial charge >= 0.3 is 6.09 Å². The Kier molecular flexibility index (Phi) is 3.52. The standard InChI is InChI=1S/C14H16FNO4/c1-3-13(2)14(19,9-15)16(12(18)20-13)11(17)10-7-5-4-6-8-10/h4-8,19H,3,9H2,1-2H3. The number of amides is 2. The lowest BCUT2D eigenvalue weighted by Gasteiger charge is -2.36. The molecule has 1 fully saturated rings. The Morgan fingerprint density at radius 1 is 1.40 bits per heavy atom. The van der Waals surface area contributed by atoms with Gasteiger partial charge in [-0.1, -0.05) is 25.1 Å². The van der Waals surface area contributed by atoms with Crippen LogP contribution in [0.4, 0.5) is 9.18 Å². The highest BCUT2D eigenvalue weighted by Gasteiger charge is 2.64. The maximum Gasteiger partial charge on any atom is 0.420 e. The van der Waals surface area contributed by atoms with Crippen molar-refractivity contribution in [3.8, 4) is 0 Å². The summed E-state index contributed by atoms with van der Waals surface area (Å²) in [5.41, 5.74) is -3.59. The van der Waals surface area contributed by atoms with Crippen LogP contribution in [0.3, 0.4) is 0 Å². The molecular weight excluding hydrogens is 265 g/mol. The average molecular weight is 281 g/mol. The first kappa shape index (κ1) is 14.5. The van der Waals surface area contributed by atoms with E-state index >= 15 is 0 Å². The average Bonchev–Trinajstić information content (AvgIpc) is 2.67. The number of imide groups is 1. The number of halogens is 1. The quantitative estimate of drug-likeness (QED) is 0.921. The van der Waals surface area contributed by atoms with E-state index in [4.69, 9.17) is 4.74 Å². The summed E-state index contributed by atoms with van der Waals surface area (Å²) in [7, 11) is 0. The molecule has 5 nitrogen and oxygen atoms in total. The summed E-state index contributed by atoms with van der Waals surface area (Å²) in [4.78, 5) is 24.7. The Morgan fingerprint density at radius 2 is 2.00 bits per heavy atom. The number of rotatable bonds is 3. The Hall–Kier alpha value is -1.95. The molecule has 1 saturated heterocycles. The summed E-state index contributed by atoms with van der Waals surface area (Å²) in [5, 5.41) is 10.5. The van der Waals surface area contributed by atoms with Gasteiger partial charge in [0, 0.05) is 5.56 Å². The van der Waals surface area contributed by atoms with E-state index in [0.29, 0.717) is 4.90 Å². The molecule has 20 heavy (non-hydrogen) atoms. The van der Waals surface area contributed by atoms with Crippen LogP contribution in [-0.2, 0) is 4.74 Å². The van der Waals surface area contributed by atoms with Crippen LogP contribution in [0.2, 0.25) is 0 Å². The topological polar surface area (TPSA) is 66.8 Å². The van der Waals surface area contributed by atoms with E-state index in [-0.39, 0.29) is 12.0 Å². The van der Waals surface area contributed by atoms with Crippen LogP contribution < -0.4 is 0 Å². The Bertz CT molecular complexity index is 535. The smallest absolute Gasteiger partial charge is 0.420 e. The van der Waals surface area contributed by atoms with Crippen LogP contribution in [0.1, 0.15) is 30.6 Å². The van der Waals surface area contributed by atoms with Crippen molar-refractivity contribution in [2.24, 2.45) is 0 Å². The number of cyclic esters (lactones) is 1. The van der Waals surface area contributed by atoms with Gasteiger partial charge in [0.25, 0.3) is 5.91 Å². The molecule has 1 heterocycles. The lowest BCUT2D eigenvalue weighted by atomic mass is 9.90. The monoisotopic (exact) mass is 281 g/mol. The summed E-state index contributed by atoms with van der Waals surface area (Å²) < 4.78 is 18.4. The van der Waals surface area contributed by atoms with Gasteiger partial charge in [-0.05, 0) is 25.5 Å². The molecule has 108 valence electrons. The molecule has 2 rings (SSSR count). The predicted molar refractivity (Wildman–Crippen MR) is 68.7 cm³/mol. The Morgan fingerprint density at radius 3 is 2.50 bits per heavy atom. The minimum Gasteiger partial charge on any atom is -0.437 e. The van der Waals surface area contributed by atoms with Crippen molar-refractivity contribution >= 4 is 12.0 Å². The number of nitrogens with zero attached hydrogens (tertiary/aromatic N) is 1. The van der Waals surface area contributed by atoms with Crippen LogP contribution in [0.25, 0.3) is 0 Å². The van der Waals surface area contributed by atoms with E-state index < -0.39 is 30.0 Å². The van der Waals surface area contributed by atoms with Gasteiger partial charge in [-0.3, -0.25) is 4.79 Å². The Labute approximate surface area is 116 Å². The van der Waals surface area contributed by atoms with Crippen molar-refractivity contribution in [2.45, 2.75) is 31.6 Å². The van der Waals surface area contributed by atoms with Crippen LogP contribution in [0.5, 0.6) is 0 Å². The Balaban J connectivity index is 2.45. The first-order valence-corrected chi connectivity index (χ1v) is 6.30. The maximum absolute atomic E-state index is 13.4. The van der Waals surface area contributed by atoms with E-state index in [0.717, 1.165) is 0 Å². The molecule has 0 radical (unpaired) electrons. The zero-order chi connectivity index (χ0) is 15.0. The number of ether oxygens (including phenoxy) is 1. The fourth-order valence-corrected chi connectivity index (χ4v) is 2.22. The summed E-state index contributed by atoms with van der Waals surface area (Å²) in [6, 6.07) is 7.90. The van der Waals surface area contributed by atoms with Gasteiger partial charge in [0.05, 0.1) is 0 Å². The van der Waals surface area contributed by atoms with Gasteiger partial charge in [-0.15, -0.1) is 0 Å². The summed E-state index contributed by atoms with van der Waals surface area (Å²) >= 11 is 0. The van der Waals surface area contributed by atoms with E-state index in [1.807, 2.05) is 0 Å². The van der Waals surface area contributed by atoms with Gasteiger partial charge < -0.3 is 9.84 Å². The van der Waals surface area contributed by atoms with Crippen LogP contribution in [-0.4, -0.2) is 40.0 Å². The summed E-state index contributed by atoms with van der Waals surface area (Å²) in [5.74, 6) is -0.784. The SMILES string of the molecule is CCC1(C)OC(=O)N(C(=O)c2ccccc2)C1(O)CF. The largest absolute Gasteiger partial charge is 0.437 e. The number of carbonyl (C=O) groups excluding carboxylic acids is 2. The lowest BCUT2D eigenvalue weighted by molar-refractivity contribution is -0.150. The fraction of sp³-hybridized carbons (Fsp3) is 0.429. The number of aliphatic hydroxyl groups is 1. The molecule has 0 bridgehead atoms. The normalized spacial score (nSPS) is 29.4. The van der Waals surface area contributed by atoms with Crippen molar-refractivity contribution in [2.75, 3.05) is 6.67 Å². The lowest BCUT2D eigenvalue weighted by Crippen LogP contribution is -2.60. The number of hydrogen-bond donors (Lipinski definition) is 1. The first-order valence-electron chi connectivity index (χ1n) is 6.30. The summed E-state index contributed by atoms with van der Waals surface area (Å²) in [6.45, 7) is 1.76. The van der Waals surface area contributed by atoms with Crippen molar-refractivity contribution in [3.63, 3.8) is 0 Å². The minimum absolute atomic E-state index is 0.177. The molecule has 0 saturated carbocycles. The highest BCUT2D eigenvalue weighted by molar-refractivity contribution is 6.04. The number of hydrogen-bond acceptors (Lipinski definition) is 4. The molecule has 1 aromatic carbocycles. The highest BCUT2D eigenvalue weighted by Crippen LogP contribution is 2.41. The summed E-state index contributed by atoms with van der Waals surface area (Å²) in [6.07, 6.45) is -0.860. The molecule has 2 atom stereocenters. The third-order valence-corrected chi connectivity index (χ3v) is 3.80. The molecule has 0 spiro atoms. The third-order valence-electron chi connectivity index (χ3n) is 3.80. The van der Waals surface area contributed by atoms with Gasteiger partial charge in [-0.25, -0.2) is 14.1 Å². The van der Waals surface area contributed by atoms with Crippen LogP contribution in [0.15, 0.2) is 30.3 Å². The zero-order valence-electron chi connectivity index (χ0n) is 11.3. The van der Waals surface area contributed by atoms with E-state index in [2.05, 4.69) is 0 Å². The molecule has 2 amide bonds. The van der Waals surface area contributed by atoms with Crippen molar-refractivity contribution in [3.05, 3.63) is 35.9 Å². The van der Waals surface area contributed by atoms with Gasteiger partial charge in [0.1, 0.15) is 6.67 Å². The molecule has 1 N–H and O–H groups in total. The zero-order valence-corrected chi connectivity index (χ0v) is 11.3. The number of carbonyl (C=O) groups is 2. The predicted octanol–water partition coefficient (Wildman–Crippen LogP) is 2.11. The van der Waals surface area contributed by atoms with Gasteiger partial charge in [0.15, 0.2) is 5.60 Å². The molecule has 2 unspecified atom stereocenters. The highest BCUT2D eigenvalue weighted by atomic mass is 19.1. The number of alkyl halides is 1. The molecule has 1 aliphatic rings. The molecular formula is C14H16FNO4. The molecule has 0 aromatic heterocycles. The minimum atomic E-state index is -2.30. The molecule has 1 aromatic rings. The maximum atomic E-state index is 13.4. The van der Waals surface area contributed by atoms with E-state index in [1.165, 1.54) is 19.1 Å². The van der Waals surface area contributed by atoms with E-state index in [1.54, 1.807) is 25.1 Å². The molecule has 1 aliphatic heterocycles. The van der Waals surface area contributed by atoms with E-state index in [9.17, 15) is 19.1 Å². The second kappa shape index (κ2) is 4.86. The second-order valence-corrected chi connectivity index (χ2v) is 4.91. The van der Waals surface area contributed by atoms with Gasteiger partial charge in [-0.2, -0.15) is 0 Å². The molecule has 6 heteroatoms. The molecule has 0 aliphatic carbocycles.